The normalized spacial score (nSPS) is 15.3. The molecule has 0 amide bonds. The average Bonchev–Trinajstić information content (AvgIpc) is 2.33. The predicted molar refractivity (Wildman–Crippen MR) is 40.1 cm³/mol. The summed E-state index contributed by atoms with van der Waals surface area (Å²) in [4.78, 5) is 4.20. The number of nitrogens with zero attached hydrogens (tertiary/aromatic N) is 1. The first-order valence-electron chi connectivity index (χ1n) is 3.42. The predicted octanol–water partition coefficient (Wildman–Crippen LogP) is 2.02. The van der Waals surface area contributed by atoms with Crippen LogP contribution in [0.1, 0.15) is 17.7 Å². The molecule has 0 atom stereocenters. The van der Waals surface area contributed by atoms with Crippen molar-refractivity contribution in [3.05, 3.63) is 28.5 Å². The van der Waals surface area contributed by atoms with Gasteiger partial charge in [-0.3, -0.25) is 4.98 Å². The summed E-state index contributed by atoms with van der Waals surface area (Å²) >= 11 is 5.71. The van der Waals surface area contributed by atoms with E-state index in [0.717, 1.165) is 12.8 Å². The van der Waals surface area contributed by atoms with E-state index in [1.165, 1.54) is 17.7 Å². The second kappa shape index (κ2) is 2.24. The molecule has 0 fully saturated rings. The molecule has 0 spiro atoms. The second-order valence-corrected chi connectivity index (χ2v) is 2.92. The quantitative estimate of drug-likeness (QED) is 0.555. The van der Waals surface area contributed by atoms with Gasteiger partial charge in [0.25, 0.3) is 0 Å². The van der Waals surface area contributed by atoms with Gasteiger partial charge in [-0.15, -0.1) is 0 Å². The molecular weight excluding hydrogens is 146 g/mol. The third-order valence-electron chi connectivity index (χ3n) is 1.79. The molecule has 2 rings (SSSR count). The Balaban J connectivity index is 2.52. The van der Waals surface area contributed by atoms with Gasteiger partial charge < -0.3 is 0 Å². The fraction of sp³-hybridized carbons (Fsp3) is 0.375. The fourth-order valence-corrected chi connectivity index (χ4v) is 1.48. The maximum Gasteiger partial charge on any atom is 0.0671 e. The lowest BCUT2D eigenvalue weighted by atomic mass is 10.2. The van der Waals surface area contributed by atoms with Crippen LogP contribution >= 0.6 is 11.6 Å². The highest BCUT2D eigenvalue weighted by Gasteiger charge is 2.11. The largest absolute Gasteiger partial charge is 0.259 e. The monoisotopic (exact) mass is 152 g/mol. The third-order valence-corrected chi connectivity index (χ3v) is 1.98. The number of aryl methyl sites for hydroxylation is 2. The molecule has 0 N–H and O–H groups in total. The van der Waals surface area contributed by atoms with Gasteiger partial charge in [0, 0.05) is 18.0 Å². The zero-order valence-corrected chi connectivity index (χ0v) is 6.28. The van der Waals surface area contributed by atoms with Gasteiger partial charge in [-0.25, -0.2) is 0 Å². The van der Waals surface area contributed by atoms with Crippen LogP contribution in [0, 0.1) is 6.07 Å². The zero-order valence-electron chi connectivity index (χ0n) is 5.52. The Morgan fingerprint density at radius 1 is 1.50 bits per heavy atom. The summed E-state index contributed by atoms with van der Waals surface area (Å²) < 4.78 is 0. The molecule has 1 aliphatic rings. The van der Waals surface area contributed by atoms with Crippen LogP contribution in [0.5, 0.6) is 0 Å². The lowest BCUT2D eigenvalue weighted by Crippen LogP contribution is -1.86. The Bertz CT molecular complexity index is 257. The summed E-state index contributed by atoms with van der Waals surface area (Å²) in [6, 6.07) is 3.09. The third kappa shape index (κ3) is 0.907. The van der Waals surface area contributed by atoms with Gasteiger partial charge in [-0.2, -0.15) is 0 Å². The van der Waals surface area contributed by atoms with Gasteiger partial charge in [0.2, 0.25) is 0 Å². The van der Waals surface area contributed by atoms with Crippen molar-refractivity contribution in [3.8, 4) is 0 Å². The van der Waals surface area contributed by atoms with Crippen molar-refractivity contribution in [2.75, 3.05) is 0 Å². The van der Waals surface area contributed by atoms with Crippen LogP contribution in [-0.4, -0.2) is 4.98 Å². The van der Waals surface area contributed by atoms with E-state index in [0.29, 0.717) is 5.02 Å². The van der Waals surface area contributed by atoms with Gasteiger partial charge in [0.05, 0.1) is 5.02 Å². The molecule has 1 aromatic heterocycles. The molecule has 0 aliphatic heterocycles. The minimum Gasteiger partial charge on any atom is -0.259 e. The number of pyridine rings is 1. The molecule has 0 bridgehead atoms. The Labute approximate surface area is 65.0 Å². The van der Waals surface area contributed by atoms with Crippen molar-refractivity contribution in [2.24, 2.45) is 0 Å². The minimum absolute atomic E-state index is 0.639. The molecular formula is C8H7ClN. The minimum atomic E-state index is 0.639. The molecule has 1 heterocycles. The van der Waals surface area contributed by atoms with E-state index in [9.17, 15) is 0 Å². The van der Waals surface area contributed by atoms with E-state index in [1.807, 2.05) is 0 Å². The number of rotatable bonds is 0. The molecule has 0 saturated heterocycles. The Morgan fingerprint density at radius 2 is 2.40 bits per heavy atom. The first-order valence-corrected chi connectivity index (χ1v) is 3.79. The molecule has 0 unspecified atom stereocenters. The van der Waals surface area contributed by atoms with Crippen molar-refractivity contribution in [1.82, 2.24) is 4.98 Å². The summed E-state index contributed by atoms with van der Waals surface area (Å²) in [6.45, 7) is 0. The van der Waals surface area contributed by atoms with E-state index in [4.69, 9.17) is 11.6 Å². The SMILES string of the molecule is Clc1[c]c2c(nc1)CCC2. The number of hydrogen-bond acceptors (Lipinski definition) is 1. The van der Waals surface area contributed by atoms with Crippen LogP contribution in [0.15, 0.2) is 6.20 Å². The molecule has 10 heavy (non-hydrogen) atoms. The van der Waals surface area contributed by atoms with Gasteiger partial charge in [-0.05, 0) is 24.8 Å². The van der Waals surface area contributed by atoms with Crippen molar-refractivity contribution in [1.29, 1.82) is 0 Å². The van der Waals surface area contributed by atoms with Crippen LogP contribution in [0.4, 0.5) is 0 Å². The van der Waals surface area contributed by atoms with Gasteiger partial charge >= 0.3 is 0 Å². The Kier molecular flexibility index (Phi) is 1.38. The zero-order chi connectivity index (χ0) is 6.97. The molecule has 0 aromatic carbocycles. The number of halogens is 1. The van der Waals surface area contributed by atoms with E-state index < -0.39 is 0 Å². The molecule has 2 heteroatoms. The maximum atomic E-state index is 5.71. The first-order chi connectivity index (χ1) is 4.86. The standard InChI is InChI=1S/C8H7ClN/c9-7-4-6-2-1-3-8(6)10-5-7/h5H,1-3H2. The maximum absolute atomic E-state index is 5.71. The van der Waals surface area contributed by atoms with Crippen LogP contribution < -0.4 is 0 Å². The molecule has 1 aliphatic carbocycles. The van der Waals surface area contributed by atoms with Gasteiger partial charge in [0.1, 0.15) is 0 Å². The van der Waals surface area contributed by atoms with Crippen molar-refractivity contribution < 1.29 is 0 Å². The lowest BCUT2D eigenvalue weighted by Gasteiger charge is -1.94. The molecule has 51 valence electrons. The van der Waals surface area contributed by atoms with Crippen molar-refractivity contribution >= 4 is 11.6 Å². The highest BCUT2D eigenvalue weighted by Crippen LogP contribution is 2.21. The van der Waals surface area contributed by atoms with Crippen molar-refractivity contribution in [3.63, 3.8) is 0 Å². The summed E-state index contributed by atoms with van der Waals surface area (Å²) in [5.74, 6) is 0. The number of fused-ring (bicyclic) bond motifs is 1. The van der Waals surface area contributed by atoms with E-state index in [2.05, 4.69) is 11.1 Å². The van der Waals surface area contributed by atoms with Gasteiger partial charge in [0.15, 0.2) is 0 Å². The van der Waals surface area contributed by atoms with Crippen LogP contribution in [0.25, 0.3) is 0 Å². The second-order valence-electron chi connectivity index (χ2n) is 2.51. The molecule has 1 radical (unpaired) electrons. The van der Waals surface area contributed by atoms with E-state index >= 15 is 0 Å². The van der Waals surface area contributed by atoms with Crippen molar-refractivity contribution in [2.45, 2.75) is 19.3 Å². The fourth-order valence-electron chi connectivity index (χ4n) is 1.32. The lowest BCUT2D eigenvalue weighted by molar-refractivity contribution is 0.899. The molecule has 0 saturated carbocycles. The van der Waals surface area contributed by atoms with Gasteiger partial charge in [-0.1, -0.05) is 11.6 Å². The first kappa shape index (κ1) is 6.17. The van der Waals surface area contributed by atoms with E-state index in [-0.39, 0.29) is 0 Å². The van der Waals surface area contributed by atoms with Crippen LogP contribution in [0.3, 0.4) is 0 Å². The smallest absolute Gasteiger partial charge is 0.0671 e. The topological polar surface area (TPSA) is 12.9 Å². The summed E-state index contributed by atoms with van der Waals surface area (Å²) in [5, 5.41) is 0.639. The van der Waals surface area contributed by atoms with E-state index in [1.54, 1.807) is 6.20 Å². The Morgan fingerprint density at radius 3 is 3.30 bits per heavy atom. The highest BCUT2D eigenvalue weighted by molar-refractivity contribution is 6.30. The summed E-state index contributed by atoms with van der Waals surface area (Å²) in [7, 11) is 0. The Hall–Kier alpha value is -0.560. The molecule has 1 nitrogen and oxygen atoms in total. The summed E-state index contributed by atoms with van der Waals surface area (Å²) in [5.41, 5.74) is 2.40. The highest BCUT2D eigenvalue weighted by atomic mass is 35.5. The number of aromatic nitrogens is 1. The molecule has 1 aromatic rings. The van der Waals surface area contributed by atoms with Crippen LogP contribution in [-0.2, 0) is 12.8 Å². The average molecular weight is 153 g/mol. The van der Waals surface area contributed by atoms with Crippen LogP contribution in [0.2, 0.25) is 5.02 Å². The summed E-state index contributed by atoms with van der Waals surface area (Å²) in [6.07, 6.45) is 5.08. The number of hydrogen-bond donors (Lipinski definition) is 0.